The van der Waals surface area contributed by atoms with Gasteiger partial charge in [-0.2, -0.15) is 0 Å². The molecule has 0 fully saturated rings. The summed E-state index contributed by atoms with van der Waals surface area (Å²) in [5.41, 5.74) is 0.469. The highest BCUT2D eigenvalue weighted by Gasteiger charge is 2.10. The summed E-state index contributed by atoms with van der Waals surface area (Å²) in [5.74, 6) is 0. The van der Waals surface area contributed by atoms with Crippen molar-refractivity contribution in [3.05, 3.63) is 63.7 Å². The van der Waals surface area contributed by atoms with Crippen LogP contribution in [0.2, 0.25) is 10.0 Å². The molecule has 3 nitrogen and oxygen atoms in total. The third kappa shape index (κ3) is 3.35. The number of pyridine rings is 1. The number of hydrogen-bond donors (Lipinski definition) is 1. The lowest BCUT2D eigenvalue weighted by molar-refractivity contribution is 0.681. The summed E-state index contributed by atoms with van der Waals surface area (Å²) >= 11 is 11.9. The van der Waals surface area contributed by atoms with Crippen molar-refractivity contribution in [1.29, 1.82) is 4.78 Å². The normalized spacial score (nSPS) is 14.4. The molecule has 0 aliphatic heterocycles. The average molecular weight is 313 g/mol. The van der Waals surface area contributed by atoms with E-state index in [2.05, 4.69) is 4.98 Å². The fourth-order valence-electron chi connectivity index (χ4n) is 1.44. The molecule has 1 aromatic carbocycles. The first-order valence-corrected chi connectivity index (χ1v) is 7.70. The van der Waals surface area contributed by atoms with E-state index < -0.39 is 9.73 Å². The van der Waals surface area contributed by atoms with Crippen LogP contribution >= 0.6 is 23.2 Å². The number of hydrogen-bond acceptors (Lipinski definition) is 3. The third-order valence-electron chi connectivity index (χ3n) is 2.37. The van der Waals surface area contributed by atoms with Gasteiger partial charge >= 0.3 is 0 Å². The summed E-state index contributed by atoms with van der Waals surface area (Å²) in [7, 11) is -3.12. The molecule has 1 aromatic heterocycles. The molecule has 0 saturated heterocycles. The Morgan fingerprint density at radius 2 is 1.79 bits per heavy atom. The highest BCUT2D eigenvalue weighted by Crippen LogP contribution is 2.24. The van der Waals surface area contributed by atoms with Gasteiger partial charge in [0.05, 0.1) is 30.4 Å². The third-order valence-corrected chi connectivity index (χ3v) is 4.66. The summed E-state index contributed by atoms with van der Waals surface area (Å²) in [4.78, 5) is 4.31. The molecule has 0 saturated carbocycles. The van der Waals surface area contributed by atoms with E-state index in [1.807, 2.05) is 0 Å². The maximum absolute atomic E-state index is 12.3. The molecule has 0 amide bonds. The Hall–Kier alpha value is -1.36. The molecular formula is C13H10Cl2N2OS. The van der Waals surface area contributed by atoms with Gasteiger partial charge in [0.25, 0.3) is 0 Å². The minimum atomic E-state index is -3.12. The molecule has 0 spiro atoms. The first-order valence-electron chi connectivity index (χ1n) is 5.33. The van der Waals surface area contributed by atoms with Gasteiger partial charge in [-0.1, -0.05) is 35.3 Å². The standard InChI is InChI=1S/C13H10Cl2N2OS/c14-10-5-3-8-17-12(10)7-9-19(16,18)13-6-2-1-4-11(13)15/h1-9,16H/b9-7+. The molecule has 0 radical (unpaired) electrons. The predicted molar refractivity (Wildman–Crippen MR) is 78.9 cm³/mol. The molecule has 6 heteroatoms. The minimum Gasteiger partial charge on any atom is -0.255 e. The van der Waals surface area contributed by atoms with Crippen molar-refractivity contribution in [2.45, 2.75) is 4.90 Å². The molecule has 0 bridgehead atoms. The Morgan fingerprint density at radius 1 is 1.11 bits per heavy atom. The van der Waals surface area contributed by atoms with E-state index >= 15 is 0 Å². The number of nitrogens with one attached hydrogen (secondary N) is 1. The van der Waals surface area contributed by atoms with Crippen LogP contribution in [0.4, 0.5) is 0 Å². The molecule has 2 aromatic rings. The zero-order chi connectivity index (χ0) is 13.9. The van der Waals surface area contributed by atoms with Gasteiger partial charge in [0.2, 0.25) is 0 Å². The Bertz CT molecular complexity index is 727. The van der Waals surface area contributed by atoms with Gasteiger partial charge in [-0.05, 0) is 30.3 Å². The molecule has 19 heavy (non-hydrogen) atoms. The van der Waals surface area contributed by atoms with Crippen molar-refractivity contribution in [2.24, 2.45) is 0 Å². The topological polar surface area (TPSA) is 53.8 Å². The molecule has 1 atom stereocenters. The highest BCUT2D eigenvalue weighted by molar-refractivity contribution is 7.95. The van der Waals surface area contributed by atoms with E-state index in [1.165, 1.54) is 11.5 Å². The Morgan fingerprint density at radius 3 is 2.47 bits per heavy atom. The van der Waals surface area contributed by atoms with Crippen LogP contribution in [0.25, 0.3) is 6.08 Å². The second kappa shape index (κ2) is 5.74. The van der Waals surface area contributed by atoms with Gasteiger partial charge in [-0.3, -0.25) is 4.98 Å². The SMILES string of the molecule is N=S(=O)(/C=C/c1ncccc1Cl)c1ccccc1Cl. The minimum absolute atomic E-state index is 0.278. The number of halogens is 2. The Kier molecular flexibility index (Phi) is 4.24. The second-order valence-electron chi connectivity index (χ2n) is 3.70. The van der Waals surface area contributed by atoms with Crippen LogP contribution in [-0.4, -0.2) is 9.19 Å². The molecule has 98 valence electrons. The largest absolute Gasteiger partial charge is 0.255 e. The first kappa shape index (κ1) is 14.1. The van der Waals surface area contributed by atoms with E-state index in [4.69, 9.17) is 28.0 Å². The molecular weight excluding hydrogens is 303 g/mol. The summed E-state index contributed by atoms with van der Waals surface area (Å²) in [6.45, 7) is 0. The van der Waals surface area contributed by atoms with E-state index in [0.29, 0.717) is 15.7 Å². The van der Waals surface area contributed by atoms with Crippen LogP contribution in [0.1, 0.15) is 5.69 Å². The van der Waals surface area contributed by atoms with Gasteiger partial charge in [-0.25, -0.2) is 8.99 Å². The molecule has 1 N–H and O–H groups in total. The molecule has 0 aliphatic carbocycles. The van der Waals surface area contributed by atoms with E-state index in [9.17, 15) is 4.21 Å². The number of nitrogens with zero attached hydrogens (tertiary/aromatic N) is 1. The van der Waals surface area contributed by atoms with Crippen LogP contribution in [0.5, 0.6) is 0 Å². The van der Waals surface area contributed by atoms with Crippen LogP contribution < -0.4 is 0 Å². The maximum Gasteiger partial charge on any atom is 0.0958 e. The molecule has 1 heterocycles. The molecule has 2 rings (SSSR count). The van der Waals surface area contributed by atoms with Gasteiger partial charge in [0, 0.05) is 11.6 Å². The fraction of sp³-hybridized carbons (Fsp3) is 0. The smallest absolute Gasteiger partial charge is 0.0958 e. The fourth-order valence-corrected chi connectivity index (χ4v) is 3.21. The van der Waals surface area contributed by atoms with Crippen molar-refractivity contribution >= 4 is 39.0 Å². The first-order chi connectivity index (χ1) is 9.00. The molecule has 0 aliphatic rings. The van der Waals surface area contributed by atoms with Gasteiger partial charge < -0.3 is 0 Å². The van der Waals surface area contributed by atoms with Crippen molar-refractivity contribution in [3.8, 4) is 0 Å². The molecule has 1 unspecified atom stereocenters. The summed E-state index contributed by atoms with van der Waals surface area (Å²) in [6.07, 6.45) is 3.05. The quantitative estimate of drug-likeness (QED) is 0.909. The average Bonchev–Trinajstić information content (AvgIpc) is 2.38. The zero-order valence-corrected chi connectivity index (χ0v) is 12.0. The van der Waals surface area contributed by atoms with Crippen molar-refractivity contribution in [1.82, 2.24) is 4.98 Å². The summed E-state index contributed by atoms with van der Waals surface area (Å²) < 4.78 is 20.2. The lowest BCUT2D eigenvalue weighted by atomic mass is 10.3. The van der Waals surface area contributed by atoms with Crippen LogP contribution in [0, 0.1) is 4.78 Å². The van der Waals surface area contributed by atoms with Crippen LogP contribution in [0.15, 0.2) is 52.9 Å². The maximum atomic E-state index is 12.3. The zero-order valence-electron chi connectivity index (χ0n) is 9.72. The van der Waals surface area contributed by atoms with E-state index in [-0.39, 0.29) is 4.90 Å². The monoisotopic (exact) mass is 312 g/mol. The number of rotatable bonds is 3. The van der Waals surface area contributed by atoms with Crippen molar-refractivity contribution in [3.63, 3.8) is 0 Å². The van der Waals surface area contributed by atoms with Crippen LogP contribution in [-0.2, 0) is 9.73 Å². The number of aromatic nitrogens is 1. The van der Waals surface area contributed by atoms with Gasteiger partial charge in [-0.15, -0.1) is 0 Å². The van der Waals surface area contributed by atoms with Crippen molar-refractivity contribution < 1.29 is 4.21 Å². The highest BCUT2D eigenvalue weighted by atomic mass is 35.5. The summed E-state index contributed by atoms with van der Waals surface area (Å²) in [6, 6.07) is 9.97. The van der Waals surface area contributed by atoms with Gasteiger partial charge in [0.15, 0.2) is 0 Å². The van der Waals surface area contributed by atoms with Crippen molar-refractivity contribution in [2.75, 3.05) is 0 Å². The van der Waals surface area contributed by atoms with Gasteiger partial charge in [0.1, 0.15) is 0 Å². The second-order valence-corrected chi connectivity index (χ2v) is 6.43. The summed E-state index contributed by atoms with van der Waals surface area (Å²) in [5, 5.41) is 2.01. The van der Waals surface area contributed by atoms with Crippen LogP contribution in [0.3, 0.4) is 0 Å². The Labute approximate surface area is 121 Å². The van der Waals surface area contributed by atoms with E-state index in [1.54, 1.807) is 42.6 Å². The number of benzene rings is 1. The predicted octanol–water partition coefficient (Wildman–Crippen LogP) is 4.46. The lowest BCUT2D eigenvalue weighted by Crippen LogP contribution is -1.95. The van der Waals surface area contributed by atoms with E-state index in [0.717, 1.165) is 0 Å². The lowest BCUT2D eigenvalue weighted by Gasteiger charge is -2.04. The Balaban J connectivity index is 2.38.